The van der Waals surface area contributed by atoms with Crippen LogP contribution in [0.15, 0.2) is 36.5 Å². The van der Waals surface area contributed by atoms with E-state index in [0.717, 1.165) is 25.6 Å². The summed E-state index contributed by atoms with van der Waals surface area (Å²) in [5, 5.41) is 8.96. The van der Waals surface area contributed by atoms with Crippen molar-refractivity contribution in [2.75, 3.05) is 26.7 Å². The van der Waals surface area contributed by atoms with Crippen LogP contribution in [0.1, 0.15) is 28.4 Å². The van der Waals surface area contributed by atoms with E-state index in [1.54, 1.807) is 0 Å². The predicted molar refractivity (Wildman–Crippen MR) is 94.3 cm³/mol. The van der Waals surface area contributed by atoms with Crippen molar-refractivity contribution in [3.63, 3.8) is 0 Å². The molecule has 2 aliphatic heterocycles. The van der Waals surface area contributed by atoms with E-state index < -0.39 is 0 Å². The van der Waals surface area contributed by atoms with Gasteiger partial charge in [-0.15, -0.1) is 0 Å². The van der Waals surface area contributed by atoms with Crippen LogP contribution in [0.4, 0.5) is 0 Å². The third-order valence-corrected chi connectivity index (χ3v) is 5.75. The van der Waals surface area contributed by atoms with E-state index in [2.05, 4.69) is 59.1 Å². The monoisotopic (exact) mass is 320 g/mol. The molecule has 24 heavy (non-hydrogen) atoms. The first-order valence-electron chi connectivity index (χ1n) is 8.71. The van der Waals surface area contributed by atoms with Crippen molar-refractivity contribution < 1.29 is 0 Å². The highest BCUT2D eigenvalue weighted by atomic mass is 15.2. The Balaban J connectivity index is 1.51. The summed E-state index contributed by atoms with van der Waals surface area (Å²) in [6, 6.07) is 13.5. The number of nitriles is 1. The lowest BCUT2D eigenvalue weighted by molar-refractivity contribution is 0.224. The molecule has 0 spiro atoms. The number of hydrogen-bond acceptors (Lipinski definition) is 3. The van der Waals surface area contributed by atoms with Gasteiger partial charge in [-0.2, -0.15) is 5.26 Å². The molecule has 2 fully saturated rings. The summed E-state index contributed by atoms with van der Waals surface area (Å²) >= 11 is 0. The maximum Gasteiger partial charge on any atom is 0.117 e. The molecule has 4 nitrogen and oxygen atoms in total. The quantitative estimate of drug-likeness (QED) is 0.946. The molecule has 4 rings (SSSR count). The SMILES string of the molecule is Cc1ccccc1[C@@H]1[C@@H]2CN(Cc3c[nH]c(C#N)c3)C[C@@H]2CN1C. The summed E-state index contributed by atoms with van der Waals surface area (Å²) in [6.45, 7) is 6.64. The zero-order valence-corrected chi connectivity index (χ0v) is 14.4. The molecule has 1 aromatic carbocycles. The van der Waals surface area contributed by atoms with Gasteiger partial charge < -0.3 is 4.98 Å². The zero-order chi connectivity index (χ0) is 16.7. The molecular formula is C20H24N4. The Bertz CT molecular complexity index is 772. The van der Waals surface area contributed by atoms with Crippen LogP contribution < -0.4 is 0 Å². The van der Waals surface area contributed by atoms with Crippen molar-refractivity contribution in [3.05, 3.63) is 58.9 Å². The van der Waals surface area contributed by atoms with Gasteiger partial charge in [0, 0.05) is 38.4 Å². The van der Waals surface area contributed by atoms with Crippen molar-refractivity contribution in [1.29, 1.82) is 5.26 Å². The van der Waals surface area contributed by atoms with E-state index >= 15 is 0 Å². The Morgan fingerprint density at radius 2 is 2.08 bits per heavy atom. The van der Waals surface area contributed by atoms with Crippen molar-refractivity contribution in [3.8, 4) is 6.07 Å². The van der Waals surface area contributed by atoms with E-state index in [0.29, 0.717) is 17.7 Å². The summed E-state index contributed by atoms with van der Waals surface area (Å²) in [5.74, 6) is 1.44. The highest BCUT2D eigenvalue weighted by Gasteiger charge is 2.46. The summed E-state index contributed by atoms with van der Waals surface area (Å²) in [7, 11) is 2.27. The van der Waals surface area contributed by atoms with E-state index in [-0.39, 0.29) is 0 Å². The summed E-state index contributed by atoms with van der Waals surface area (Å²) in [4.78, 5) is 8.13. The molecule has 0 amide bonds. The molecule has 1 N–H and O–H groups in total. The minimum Gasteiger partial charge on any atom is -0.353 e. The highest BCUT2D eigenvalue weighted by Crippen LogP contribution is 2.45. The van der Waals surface area contributed by atoms with Gasteiger partial charge in [0.15, 0.2) is 0 Å². The van der Waals surface area contributed by atoms with Crippen molar-refractivity contribution in [2.45, 2.75) is 19.5 Å². The number of hydrogen-bond donors (Lipinski definition) is 1. The van der Waals surface area contributed by atoms with Gasteiger partial charge in [-0.05, 0) is 48.6 Å². The lowest BCUT2D eigenvalue weighted by Gasteiger charge is -2.28. The lowest BCUT2D eigenvalue weighted by atomic mass is 9.88. The maximum absolute atomic E-state index is 8.96. The molecule has 0 bridgehead atoms. The second-order valence-corrected chi connectivity index (χ2v) is 7.39. The van der Waals surface area contributed by atoms with Crippen molar-refractivity contribution in [1.82, 2.24) is 14.8 Å². The van der Waals surface area contributed by atoms with Crippen LogP contribution in [0.5, 0.6) is 0 Å². The van der Waals surface area contributed by atoms with Gasteiger partial charge in [-0.1, -0.05) is 24.3 Å². The topological polar surface area (TPSA) is 46.1 Å². The van der Waals surface area contributed by atoms with Crippen LogP contribution >= 0.6 is 0 Å². The molecular weight excluding hydrogens is 296 g/mol. The van der Waals surface area contributed by atoms with Crippen LogP contribution in [0.2, 0.25) is 0 Å². The Morgan fingerprint density at radius 1 is 1.25 bits per heavy atom. The first kappa shape index (κ1) is 15.4. The molecule has 4 heteroatoms. The van der Waals surface area contributed by atoms with Gasteiger partial charge in [-0.3, -0.25) is 9.80 Å². The number of rotatable bonds is 3. The Hall–Kier alpha value is -2.09. The molecule has 0 saturated carbocycles. The van der Waals surface area contributed by atoms with E-state index in [1.807, 2.05) is 12.3 Å². The van der Waals surface area contributed by atoms with Crippen LogP contribution in [0.25, 0.3) is 0 Å². The molecule has 124 valence electrons. The number of aryl methyl sites for hydroxylation is 1. The number of aromatic nitrogens is 1. The van der Waals surface area contributed by atoms with E-state index in [4.69, 9.17) is 5.26 Å². The Morgan fingerprint density at radius 3 is 2.83 bits per heavy atom. The van der Waals surface area contributed by atoms with Crippen LogP contribution in [-0.4, -0.2) is 41.5 Å². The number of likely N-dealkylation sites (tertiary alicyclic amines) is 2. The zero-order valence-electron chi connectivity index (χ0n) is 14.4. The van der Waals surface area contributed by atoms with Gasteiger partial charge >= 0.3 is 0 Å². The predicted octanol–water partition coefficient (Wildman–Crippen LogP) is 2.93. The molecule has 3 heterocycles. The first-order chi connectivity index (χ1) is 11.7. The van der Waals surface area contributed by atoms with E-state index in [9.17, 15) is 0 Å². The van der Waals surface area contributed by atoms with Crippen molar-refractivity contribution >= 4 is 0 Å². The average molecular weight is 320 g/mol. The Kier molecular flexibility index (Phi) is 3.91. The average Bonchev–Trinajstić information content (AvgIpc) is 3.23. The Labute approximate surface area is 143 Å². The molecule has 2 aromatic rings. The van der Waals surface area contributed by atoms with Gasteiger partial charge in [0.25, 0.3) is 0 Å². The number of nitrogens with zero attached hydrogens (tertiary/aromatic N) is 3. The summed E-state index contributed by atoms with van der Waals surface area (Å²) in [6.07, 6.45) is 1.97. The second-order valence-electron chi connectivity index (χ2n) is 7.39. The van der Waals surface area contributed by atoms with Crippen LogP contribution in [0.3, 0.4) is 0 Å². The number of benzene rings is 1. The van der Waals surface area contributed by atoms with Gasteiger partial charge in [0.2, 0.25) is 0 Å². The van der Waals surface area contributed by atoms with Gasteiger partial charge in [0.1, 0.15) is 11.8 Å². The molecule has 0 unspecified atom stereocenters. The third-order valence-electron chi connectivity index (χ3n) is 5.75. The lowest BCUT2D eigenvalue weighted by Crippen LogP contribution is -2.29. The molecule has 2 aliphatic rings. The minimum atomic E-state index is 0.530. The smallest absolute Gasteiger partial charge is 0.117 e. The summed E-state index contributed by atoms with van der Waals surface area (Å²) in [5.41, 5.74) is 4.76. The second kappa shape index (κ2) is 6.08. The van der Waals surface area contributed by atoms with Crippen molar-refractivity contribution in [2.24, 2.45) is 11.8 Å². The minimum absolute atomic E-state index is 0.530. The molecule has 1 aromatic heterocycles. The largest absolute Gasteiger partial charge is 0.353 e. The molecule has 2 saturated heterocycles. The fraction of sp³-hybridized carbons (Fsp3) is 0.450. The third kappa shape index (κ3) is 2.64. The number of aromatic amines is 1. The normalized spacial score (nSPS) is 27.3. The molecule has 3 atom stereocenters. The first-order valence-corrected chi connectivity index (χ1v) is 8.71. The molecule has 0 aliphatic carbocycles. The standard InChI is InChI=1S/C20H24N4/c1-14-5-3-4-6-18(14)20-19-13-24(12-16(19)11-23(20)2)10-15-7-17(8-21)22-9-15/h3-7,9,16,19-20,22H,10-13H2,1-2H3/t16-,19+,20+/m0/s1. The van der Waals surface area contributed by atoms with Gasteiger partial charge in [-0.25, -0.2) is 0 Å². The van der Waals surface area contributed by atoms with E-state index in [1.165, 1.54) is 23.2 Å². The summed E-state index contributed by atoms with van der Waals surface area (Å²) < 4.78 is 0. The number of fused-ring (bicyclic) bond motifs is 1. The molecule has 0 radical (unpaired) electrons. The fourth-order valence-corrected chi connectivity index (χ4v) is 4.72. The van der Waals surface area contributed by atoms with Crippen LogP contribution in [0, 0.1) is 30.1 Å². The van der Waals surface area contributed by atoms with Gasteiger partial charge in [0.05, 0.1) is 0 Å². The maximum atomic E-state index is 8.96. The fourth-order valence-electron chi connectivity index (χ4n) is 4.72. The highest BCUT2D eigenvalue weighted by molar-refractivity contribution is 5.31. The number of H-pyrrole nitrogens is 1. The van der Waals surface area contributed by atoms with Crippen LogP contribution in [-0.2, 0) is 6.54 Å². The number of nitrogens with one attached hydrogen (secondary N) is 1.